The molecule has 22 heavy (non-hydrogen) atoms. The number of likely N-dealkylation sites (tertiary alicyclic amines) is 1. The van der Waals surface area contributed by atoms with E-state index < -0.39 is 5.60 Å². The maximum atomic E-state index is 12.5. The van der Waals surface area contributed by atoms with Crippen LogP contribution in [-0.2, 0) is 4.79 Å². The third-order valence-electron chi connectivity index (χ3n) is 3.85. The Kier molecular flexibility index (Phi) is 3.88. The van der Waals surface area contributed by atoms with E-state index >= 15 is 0 Å². The third-order valence-corrected chi connectivity index (χ3v) is 3.85. The molecule has 0 atom stereocenters. The lowest BCUT2D eigenvalue weighted by molar-refractivity contribution is -0.144. The van der Waals surface area contributed by atoms with Crippen molar-refractivity contribution in [3.8, 4) is 11.6 Å². The summed E-state index contributed by atoms with van der Waals surface area (Å²) in [5.74, 6) is 0.487. The maximum absolute atomic E-state index is 12.5. The predicted octanol–water partition coefficient (Wildman–Crippen LogP) is 2.65. The van der Waals surface area contributed by atoms with Crippen LogP contribution in [-0.4, -0.2) is 39.3 Å². The first-order chi connectivity index (χ1) is 10.6. The van der Waals surface area contributed by atoms with Gasteiger partial charge in [0.05, 0.1) is 5.69 Å². The SMILES string of the molecule is CC(C)(Oc1ccn(-c2ccccc2)n1)C(=O)N1CCCC1. The van der Waals surface area contributed by atoms with Gasteiger partial charge < -0.3 is 9.64 Å². The molecule has 1 aliphatic heterocycles. The quantitative estimate of drug-likeness (QED) is 0.872. The Hall–Kier alpha value is -2.30. The molecule has 1 aromatic carbocycles. The van der Waals surface area contributed by atoms with E-state index in [1.807, 2.05) is 41.4 Å². The first-order valence-corrected chi connectivity index (χ1v) is 7.66. The molecule has 116 valence electrons. The summed E-state index contributed by atoms with van der Waals surface area (Å²) in [6.45, 7) is 5.25. The van der Waals surface area contributed by atoms with E-state index in [2.05, 4.69) is 5.10 Å². The maximum Gasteiger partial charge on any atom is 0.266 e. The van der Waals surface area contributed by atoms with E-state index in [4.69, 9.17) is 4.74 Å². The average Bonchev–Trinajstić information content (AvgIpc) is 3.18. The fourth-order valence-corrected chi connectivity index (χ4v) is 2.69. The van der Waals surface area contributed by atoms with Gasteiger partial charge in [0.2, 0.25) is 5.88 Å². The van der Waals surface area contributed by atoms with Gasteiger partial charge in [0, 0.05) is 25.4 Å². The molecule has 0 spiro atoms. The highest BCUT2D eigenvalue weighted by Gasteiger charge is 2.35. The number of rotatable bonds is 4. The standard InChI is InChI=1S/C17H21N3O2/c1-17(2,16(21)19-11-6-7-12-19)22-15-10-13-20(18-15)14-8-4-3-5-9-14/h3-5,8-10,13H,6-7,11-12H2,1-2H3. The van der Waals surface area contributed by atoms with Crippen molar-refractivity contribution in [2.45, 2.75) is 32.3 Å². The minimum Gasteiger partial charge on any atom is -0.460 e. The molecule has 1 fully saturated rings. The van der Waals surface area contributed by atoms with Gasteiger partial charge >= 0.3 is 0 Å². The summed E-state index contributed by atoms with van der Waals surface area (Å²) in [6.07, 6.45) is 3.98. The van der Waals surface area contributed by atoms with Gasteiger partial charge in [-0.1, -0.05) is 18.2 Å². The van der Waals surface area contributed by atoms with Gasteiger partial charge in [-0.3, -0.25) is 4.79 Å². The predicted molar refractivity (Wildman–Crippen MR) is 84.1 cm³/mol. The number of amides is 1. The smallest absolute Gasteiger partial charge is 0.266 e. The Morgan fingerprint density at radius 3 is 2.50 bits per heavy atom. The van der Waals surface area contributed by atoms with Crippen molar-refractivity contribution < 1.29 is 9.53 Å². The number of carbonyl (C=O) groups is 1. The van der Waals surface area contributed by atoms with Gasteiger partial charge in [-0.25, -0.2) is 4.68 Å². The highest BCUT2D eigenvalue weighted by Crippen LogP contribution is 2.21. The fraction of sp³-hybridized carbons (Fsp3) is 0.412. The lowest BCUT2D eigenvalue weighted by Crippen LogP contribution is -2.47. The molecule has 1 aliphatic rings. The number of carbonyl (C=O) groups excluding carboxylic acids is 1. The Balaban J connectivity index is 1.72. The Labute approximate surface area is 130 Å². The van der Waals surface area contributed by atoms with Crippen molar-refractivity contribution in [3.63, 3.8) is 0 Å². The van der Waals surface area contributed by atoms with Gasteiger partial charge in [0.15, 0.2) is 5.60 Å². The molecule has 0 unspecified atom stereocenters. The molecule has 0 bridgehead atoms. The van der Waals surface area contributed by atoms with Crippen LogP contribution in [0.2, 0.25) is 0 Å². The number of ether oxygens (including phenoxy) is 1. The summed E-state index contributed by atoms with van der Waals surface area (Å²) in [7, 11) is 0. The third kappa shape index (κ3) is 2.98. The van der Waals surface area contributed by atoms with Crippen LogP contribution in [0.15, 0.2) is 42.6 Å². The second-order valence-corrected chi connectivity index (χ2v) is 6.05. The first-order valence-electron chi connectivity index (χ1n) is 7.66. The van der Waals surface area contributed by atoms with Crippen LogP contribution in [0, 0.1) is 0 Å². The average molecular weight is 299 g/mol. The largest absolute Gasteiger partial charge is 0.460 e. The van der Waals surface area contributed by atoms with Gasteiger partial charge in [-0.15, -0.1) is 5.10 Å². The van der Waals surface area contributed by atoms with E-state index in [9.17, 15) is 4.79 Å². The molecule has 2 heterocycles. The van der Waals surface area contributed by atoms with Crippen molar-refractivity contribution in [3.05, 3.63) is 42.6 Å². The van der Waals surface area contributed by atoms with E-state index in [-0.39, 0.29) is 5.91 Å². The zero-order valence-electron chi connectivity index (χ0n) is 13.0. The van der Waals surface area contributed by atoms with Gasteiger partial charge in [-0.2, -0.15) is 0 Å². The van der Waals surface area contributed by atoms with Crippen molar-refractivity contribution in [2.24, 2.45) is 0 Å². The molecule has 0 saturated carbocycles. The van der Waals surface area contributed by atoms with Crippen LogP contribution in [0.1, 0.15) is 26.7 Å². The van der Waals surface area contributed by atoms with Crippen LogP contribution in [0.4, 0.5) is 0 Å². The second-order valence-electron chi connectivity index (χ2n) is 6.05. The summed E-state index contributed by atoms with van der Waals surface area (Å²) in [5, 5.41) is 4.40. The summed E-state index contributed by atoms with van der Waals surface area (Å²) in [4.78, 5) is 14.4. The van der Waals surface area contributed by atoms with Gasteiger partial charge in [-0.05, 0) is 38.8 Å². The minimum atomic E-state index is -0.903. The molecule has 1 amide bonds. The summed E-state index contributed by atoms with van der Waals surface area (Å²) in [5.41, 5.74) is 0.0567. The van der Waals surface area contributed by atoms with Crippen LogP contribution in [0.3, 0.4) is 0 Å². The monoisotopic (exact) mass is 299 g/mol. The molecule has 5 nitrogen and oxygen atoms in total. The molecule has 0 radical (unpaired) electrons. The number of nitrogens with zero attached hydrogens (tertiary/aromatic N) is 3. The molecule has 1 aromatic heterocycles. The normalized spacial score (nSPS) is 15.1. The van der Waals surface area contributed by atoms with Crippen LogP contribution < -0.4 is 4.74 Å². The van der Waals surface area contributed by atoms with Crippen LogP contribution in [0.25, 0.3) is 5.69 Å². The van der Waals surface area contributed by atoms with Crippen LogP contribution in [0.5, 0.6) is 5.88 Å². The molecule has 0 N–H and O–H groups in total. The lowest BCUT2D eigenvalue weighted by Gasteiger charge is -2.28. The topological polar surface area (TPSA) is 47.4 Å². The number of benzene rings is 1. The Bertz CT molecular complexity index is 643. The van der Waals surface area contributed by atoms with Crippen molar-refractivity contribution in [1.29, 1.82) is 0 Å². The first kappa shape index (κ1) is 14.6. The van der Waals surface area contributed by atoms with Crippen molar-refractivity contribution >= 4 is 5.91 Å². The van der Waals surface area contributed by atoms with Gasteiger partial charge in [0.1, 0.15) is 0 Å². The van der Waals surface area contributed by atoms with E-state index in [1.165, 1.54) is 0 Å². The Morgan fingerprint density at radius 2 is 1.82 bits per heavy atom. The summed E-state index contributed by atoms with van der Waals surface area (Å²) < 4.78 is 7.60. The molecule has 1 saturated heterocycles. The number of hydrogen-bond donors (Lipinski definition) is 0. The zero-order valence-corrected chi connectivity index (χ0v) is 13.0. The highest BCUT2D eigenvalue weighted by molar-refractivity contribution is 5.85. The lowest BCUT2D eigenvalue weighted by atomic mass is 10.1. The van der Waals surface area contributed by atoms with Crippen molar-refractivity contribution in [1.82, 2.24) is 14.7 Å². The fourth-order valence-electron chi connectivity index (χ4n) is 2.69. The Morgan fingerprint density at radius 1 is 1.14 bits per heavy atom. The van der Waals surface area contributed by atoms with E-state index in [0.717, 1.165) is 31.6 Å². The van der Waals surface area contributed by atoms with E-state index in [1.54, 1.807) is 24.6 Å². The summed E-state index contributed by atoms with van der Waals surface area (Å²) in [6, 6.07) is 11.6. The molecule has 2 aromatic rings. The molecular formula is C17H21N3O2. The molecule has 3 rings (SSSR count). The molecule has 5 heteroatoms. The summed E-state index contributed by atoms with van der Waals surface area (Å²) >= 11 is 0. The molecular weight excluding hydrogens is 278 g/mol. The minimum absolute atomic E-state index is 0.0271. The van der Waals surface area contributed by atoms with Crippen LogP contribution >= 0.6 is 0 Å². The number of para-hydroxylation sites is 1. The van der Waals surface area contributed by atoms with E-state index in [0.29, 0.717) is 5.88 Å². The van der Waals surface area contributed by atoms with Gasteiger partial charge in [0.25, 0.3) is 5.91 Å². The number of hydrogen-bond acceptors (Lipinski definition) is 3. The second kappa shape index (κ2) is 5.83. The zero-order chi connectivity index (χ0) is 15.6. The van der Waals surface area contributed by atoms with Crippen molar-refractivity contribution in [2.75, 3.05) is 13.1 Å². The molecule has 0 aliphatic carbocycles. The number of aromatic nitrogens is 2. The highest BCUT2D eigenvalue weighted by atomic mass is 16.5.